The van der Waals surface area contributed by atoms with Gasteiger partial charge in [-0.1, -0.05) is 0 Å². The Morgan fingerprint density at radius 2 is 2.18 bits per heavy atom. The molecule has 2 aromatic heterocycles. The Hall–Kier alpha value is -2.57. The number of hydrogen-bond donors (Lipinski definition) is 2. The van der Waals surface area contributed by atoms with Crippen LogP contribution in [0.1, 0.15) is 16.2 Å². The predicted octanol–water partition coefficient (Wildman–Crippen LogP) is -0.0224. The molecular weight excluding hydrogens is 220 g/mol. The molecule has 0 atom stereocenters. The van der Waals surface area contributed by atoms with Crippen molar-refractivity contribution >= 4 is 11.7 Å². The van der Waals surface area contributed by atoms with Crippen molar-refractivity contribution in [3.63, 3.8) is 0 Å². The van der Waals surface area contributed by atoms with Crippen molar-refractivity contribution in [2.45, 2.75) is 6.54 Å². The van der Waals surface area contributed by atoms with Gasteiger partial charge in [0.1, 0.15) is 12.1 Å². The van der Waals surface area contributed by atoms with Gasteiger partial charge in [-0.2, -0.15) is 0 Å². The maximum Gasteiger partial charge on any atom is 0.269 e. The van der Waals surface area contributed by atoms with Gasteiger partial charge in [0, 0.05) is 6.20 Å². The molecule has 7 nitrogen and oxygen atoms in total. The van der Waals surface area contributed by atoms with Gasteiger partial charge in [0.05, 0.1) is 12.2 Å². The Labute approximate surface area is 97.1 Å². The molecule has 0 saturated heterocycles. The lowest BCUT2D eigenvalue weighted by atomic mass is 10.3. The zero-order valence-electron chi connectivity index (χ0n) is 8.87. The molecule has 0 radical (unpaired) electrons. The largest absolute Gasteiger partial charge is 0.364 e. The fourth-order valence-corrected chi connectivity index (χ4v) is 1.16. The highest BCUT2D eigenvalue weighted by atomic mass is 16.1. The Balaban J connectivity index is 1.98. The van der Waals surface area contributed by atoms with Crippen LogP contribution in [-0.2, 0) is 6.54 Å². The summed E-state index contributed by atoms with van der Waals surface area (Å²) in [6.45, 7) is 0.507. The number of aromatic nitrogens is 4. The van der Waals surface area contributed by atoms with E-state index in [0.717, 1.165) is 5.69 Å². The maximum absolute atomic E-state index is 10.8. The predicted molar refractivity (Wildman–Crippen MR) is 59.9 cm³/mol. The Kier molecular flexibility index (Phi) is 3.20. The van der Waals surface area contributed by atoms with Crippen molar-refractivity contribution in [2.24, 2.45) is 5.73 Å². The summed E-state index contributed by atoms with van der Waals surface area (Å²) in [4.78, 5) is 18.6. The van der Waals surface area contributed by atoms with Crippen molar-refractivity contribution < 1.29 is 4.79 Å². The molecule has 86 valence electrons. The lowest BCUT2D eigenvalue weighted by Crippen LogP contribution is -2.14. The summed E-state index contributed by atoms with van der Waals surface area (Å²) in [7, 11) is 0. The highest BCUT2D eigenvalue weighted by Gasteiger charge is 2.02. The van der Waals surface area contributed by atoms with Crippen LogP contribution in [0.2, 0.25) is 0 Å². The van der Waals surface area contributed by atoms with E-state index in [-0.39, 0.29) is 5.69 Å². The molecule has 0 aliphatic heterocycles. The molecule has 0 aliphatic carbocycles. The van der Waals surface area contributed by atoms with E-state index in [4.69, 9.17) is 5.73 Å². The minimum atomic E-state index is -0.597. The molecule has 0 saturated carbocycles. The third-order valence-corrected chi connectivity index (χ3v) is 2.01. The minimum Gasteiger partial charge on any atom is -0.364 e. The number of carbonyl (C=O) groups is 1. The van der Waals surface area contributed by atoms with Crippen molar-refractivity contribution in [2.75, 3.05) is 5.32 Å². The topological polar surface area (TPSA) is 107 Å². The van der Waals surface area contributed by atoms with E-state index >= 15 is 0 Å². The molecule has 1 amide bonds. The molecule has 17 heavy (non-hydrogen) atoms. The first kappa shape index (κ1) is 10.9. The average molecular weight is 230 g/mol. The van der Waals surface area contributed by atoms with Crippen LogP contribution in [0.5, 0.6) is 0 Å². The number of primary amides is 1. The minimum absolute atomic E-state index is 0.137. The van der Waals surface area contributed by atoms with E-state index < -0.39 is 5.91 Å². The van der Waals surface area contributed by atoms with Gasteiger partial charge in [-0.15, -0.1) is 10.2 Å². The fourth-order valence-electron chi connectivity index (χ4n) is 1.16. The van der Waals surface area contributed by atoms with Crippen LogP contribution in [0, 0.1) is 0 Å². The number of hydrogen-bond acceptors (Lipinski definition) is 6. The second-order valence-corrected chi connectivity index (χ2v) is 3.22. The first-order valence-electron chi connectivity index (χ1n) is 4.88. The number of nitrogens with two attached hydrogens (primary N) is 1. The van der Waals surface area contributed by atoms with Crippen LogP contribution in [0.25, 0.3) is 0 Å². The SMILES string of the molecule is NC(=O)c1ccc(NCc2ccncn2)nn1. The monoisotopic (exact) mass is 230 g/mol. The Morgan fingerprint density at radius 3 is 2.76 bits per heavy atom. The average Bonchev–Trinajstić information content (AvgIpc) is 2.38. The Morgan fingerprint density at radius 1 is 1.29 bits per heavy atom. The highest BCUT2D eigenvalue weighted by molar-refractivity contribution is 5.90. The van der Waals surface area contributed by atoms with Gasteiger partial charge in [0.25, 0.3) is 5.91 Å². The molecule has 0 bridgehead atoms. The summed E-state index contributed by atoms with van der Waals surface area (Å²) in [5.74, 6) is -0.0477. The van der Waals surface area contributed by atoms with E-state index in [2.05, 4.69) is 25.5 Å². The van der Waals surface area contributed by atoms with E-state index in [1.165, 1.54) is 12.4 Å². The normalized spacial score (nSPS) is 9.88. The molecule has 0 fully saturated rings. The number of anilines is 1. The number of carbonyl (C=O) groups excluding carboxylic acids is 1. The van der Waals surface area contributed by atoms with E-state index in [1.807, 2.05) is 0 Å². The van der Waals surface area contributed by atoms with Crippen molar-refractivity contribution in [1.29, 1.82) is 0 Å². The van der Waals surface area contributed by atoms with Gasteiger partial charge >= 0.3 is 0 Å². The molecule has 0 unspecified atom stereocenters. The quantitative estimate of drug-likeness (QED) is 0.764. The molecule has 2 rings (SSSR count). The lowest BCUT2D eigenvalue weighted by Gasteiger charge is -2.03. The zero-order chi connectivity index (χ0) is 12.1. The summed E-state index contributed by atoms with van der Waals surface area (Å²) < 4.78 is 0. The summed E-state index contributed by atoms with van der Waals surface area (Å²) in [5.41, 5.74) is 6.02. The molecule has 0 aromatic carbocycles. The van der Waals surface area contributed by atoms with Gasteiger partial charge in [-0.05, 0) is 18.2 Å². The molecule has 0 aliphatic rings. The van der Waals surface area contributed by atoms with E-state index in [9.17, 15) is 4.79 Å². The van der Waals surface area contributed by atoms with E-state index in [0.29, 0.717) is 12.4 Å². The smallest absolute Gasteiger partial charge is 0.269 e. The fraction of sp³-hybridized carbons (Fsp3) is 0.100. The van der Waals surface area contributed by atoms with Gasteiger partial charge < -0.3 is 11.1 Å². The summed E-state index contributed by atoms with van der Waals surface area (Å²) in [5, 5.41) is 10.5. The van der Waals surface area contributed by atoms with Gasteiger partial charge in [0.2, 0.25) is 0 Å². The van der Waals surface area contributed by atoms with Crippen LogP contribution in [-0.4, -0.2) is 26.1 Å². The molecular formula is C10H10N6O. The zero-order valence-corrected chi connectivity index (χ0v) is 8.87. The first-order chi connectivity index (χ1) is 8.25. The number of nitrogens with one attached hydrogen (secondary N) is 1. The standard InChI is InChI=1S/C10H10N6O/c11-10(17)8-1-2-9(16-15-8)13-5-7-3-4-12-6-14-7/h1-4,6H,5H2,(H2,11,17)(H,13,16). The van der Waals surface area contributed by atoms with Gasteiger partial charge in [-0.3, -0.25) is 4.79 Å². The first-order valence-corrected chi connectivity index (χ1v) is 4.88. The van der Waals surface area contributed by atoms with Crippen molar-refractivity contribution in [3.05, 3.63) is 42.1 Å². The summed E-state index contributed by atoms with van der Waals surface area (Å²) >= 11 is 0. The van der Waals surface area contributed by atoms with Gasteiger partial charge in [-0.25, -0.2) is 9.97 Å². The van der Waals surface area contributed by atoms with Crippen LogP contribution >= 0.6 is 0 Å². The molecule has 0 spiro atoms. The van der Waals surface area contributed by atoms with Crippen LogP contribution in [0.4, 0.5) is 5.82 Å². The second kappa shape index (κ2) is 4.97. The molecule has 3 N–H and O–H groups in total. The van der Waals surface area contributed by atoms with Crippen molar-refractivity contribution in [3.8, 4) is 0 Å². The summed E-state index contributed by atoms with van der Waals surface area (Å²) in [6, 6.07) is 4.93. The maximum atomic E-state index is 10.8. The second-order valence-electron chi connectivity index (χ2n) is 3.22. The van der Waals surface area contributed by atoms with Crippen LogP contribution in [0.15, 0.2) is 30.7 Å². The third-order valence-electron chi connectivity index (χ3n) is 2.01. The summed E-state index contributed by atoms with van der Waals surface area (Å²) in [6.07, 6.45) is 3.13. The Bertz CT molecular complexity index is 498. The van der Waals surface area contributed by atoms with Crippen LogP contribution in [0.3, 0.4) is 0 Å². The van der Waals surface area contributed by atoms with E-state index in [1.54, 1.807) is 18.3 Å². The molecule has 2 aromatic rings. The number of amides is 1. The lowest BCUT2D eigenvalue weighted by molar-refractivity contribution is 0.0994. The van der Waals surface area contributed by atoms with Gasteiger partial charge in [0.15, 0.2) is 5.69 Å². The number of rotatable bonds is 4. The molecule has 7 heteroatoms. The number of nitrogens with zero attached hydrogens (tertiary/aromatic N) is 4. The van der Waals surface area contributed by atoms with Crippen LogP contribution < -0.4 is 11.1 Å². The molecule has 2 heterocycles. The third kappa shape index (κ3) is 2.94. The highest BCUT2D eigenvalue weighted by Crippen LogP contribution is 2.03. The van der Waals surface area contributed by atoms with Crippen molar-refractivity contribution in [1.82, 2.24) is 20.2 Å².